The average molecular weight is 233 g/mol. The minimum absolute atomic E-state index is 0.0704. The normalized spacial score (nSPS) is 17.5. The standard InChI is InChI=1S/C10H14F3N3/c1-7-8-2-4-16(5-3-10(11,12)13)6-9(8)15-14-7/h2-6H2,1H3,(H,14,15). The van der Waals surface area contributed by atoms with Crippen LogP contribution in [0.4, 0.5) is 13.2 Å². The molecule has 0 saturated carbocycles. The quantitative estimate of drug-likeness (QED) is 0.847. The van der Waals surface area contributed by atoms with Crippen LogP contribution in [0.25, 0.3) is 0 Å². The van der Waals surface area contributed by atoms with Gasteiger partial charge in [0, 0.05) is 19.6 Å². The number of alkyl halides is 3. The van der Waals surface area contributed by atoms with Gasteiger partial charge < -0.3 is 0 Å². The van der Waals surface area contributed by atoms with Gasteiger partial charge >= 0.3 is 6.18 Å². The fraction of sp³-hybridized carbons (Fsp3) is 0.700. The Morgan fingerprint density at radius 2 is 2.19 bits per heavy atom. The highest BCUT2D eigenvalue weighted by molar-refractivity contribution is 5.26. The van der Waals surface area contributed by atoms with Gasteiger partial charge in [-0.25, -0.2) is 0 Å². The molecule has 1 aliphatic heterocycles. The van der Waals surface area contributed by atoms with Crippen LogP contribution >= 0.6 is 0 Å². The Hall–Kier alpha value is -1.04. The van der Waals surface area contributed by atoms with Gasteiger partial charge in [0.25, 0.3) is 0 Å². The van der Waals surface area contributed by atoms with Gasteiger partial charge in [0.2, 0.25) is 0 Å². The summed E-state index contributed by atoms with van der Waals surface area (Å²) in [5.74, 6) is 0. The molecule has 0 spiro atoms. The summed E-state index contributed by atoms with van der Waals surface area (Å²) in [6.07, 6.45) is -4.02. The lowest BCUT2D eigenvalue weighted by molar-refractivity contribution is -0.138. The third kappa shape index (κ3) is 2.55. The molecule has 0 radical (unpaired) electrons. The molecule has 0 fully saturated rings. The van der Waals surface area contributed by atoms with Crippen LogP contribution in [-0.4, -0.2) is 34.4 Å². The van der Waals surface area contributed by atoms with Crippen LogP contribution < -0.4 is 0 Å². The number of aromatic nitrogens is 2. The molecule has 1 aliphatic rings. The monoisotopic (exact) mass is 233 g/mol. The van der Waals surface area contributed by atoms with E-state index in [0.29, 0.717) is 13.1 Å². The molecular weight excluding hydrogens is 219 g/mol. The second-order valence-corrected chi connectivity index (χ2v) is 4.16. The van der Waals surface area contributed by atoms with E-state index in [0.717, 1.165) is 17.8 Å². The first-order valence-corrected chi connectivity index (χ1v) is 5.27. The van der Waals surface area contributed by atoms with Gasteiger partial charge in [0.1, 0.15) is 0 Å². The summed E-state index contributed by atoms with van der Waals surface area (Å²) in [5, 5.41) is 6.95. The second-order valence-electron chi connectivity index (χ2n) is 4.16. The van der Waals surface area contributed by atoms with E-state index in [1.807, 2.05) is 11.8 Å². The van der Waals surface area contributed by atoms with Crippen molar-refractivity contribution in [2.75, 3.05) is 13.1 Å². The Balaban J connectivity index is 1.93. The number of aryl methyl sites for hydroxylation is 1. The highest BCUT2D eigenvalue weighted by Gasteiger charge is 2.29. The van der Waals surface area contributed by atoms with Crippen LogP contribution in [0.1, 0.15) is 23.4 Å². The van der Waals surface area contributed by atoms with Crippen molar-refractivity contribution >= 4 is 0 Å². The Morgan fingerprint density at radius 3 is 2.88 bits per heavy atom. The summed E-state index contributed by atoms with van der Waals surface area (Å²) in [5.41, 5.74) is 3.10. The third-order valence-corrected chi connectivity index (χ3v) is 2.93. The average Bonchev–Trinajstić information content (AvgIpc) is 2.56. The molecule has 90 valence electrons. The van der Waals surface area contributed by atoms with Crippen LogP contribution in [0.3, 0.4) is 0 Å². The van der Waals surface area contributed by atoms with E-state index in [9.17, 15) is 13.2 Å². The summed E-state index contributed by atoms with van der Waals surface area (Å²) in [4.78, 5) is 1.81. The highest BCUT2D eigenvalue weighted by Crippen LogP contribution is 2.23. The second kappa shape index (κ2) is 4.08. The summed E-state index contributed by atoms with van der Waals surface area (Å²) in [6.45, 7) is 3.22. The lowest BCUT2D eigenvalue weighted by atomic mass is 10.1. The third-order valence-electron chi connectivity index (χ3n) is 2.93. The molecule has 1 aromatic heterocycles. The van der Waals surface area contributed by atoms with E-state index in [-0.39, 0.29) is 6.54 Å². The molecule has 16 heavy (non-hydrogen) atoms. The number of nitrogens with one attached hydrogen (secondary N) is 1. The van der Waals surface area contributed by atoms with E-state index in [2.05, 4.69) is 10.2 Å². The molecular formula is C10H14F3N3. The van der Waals surface area contributed by atoms with Gasteiger partial charge in [-0.3, -0.25) is 10.00 Å². The Labute approximate surface area is 91.6 Å². The van der Waals surface area contributed by atoms with Crippen molar-refractivity contribution in [2.45, 2.75) is 32.5 Å². The van der Waals surface area contributed by atoms with Crippen molar-refractivity contribution in [3.63, 3.8) is 0 Å². The maximum absolute atomic E-state index is 12.1. The topological polar surface area (TPSA) is 31.9 Å². The van der Waals surface area contributed by atoms with E-state index >= 15 is 0 Å². The molecule has 3 nitrogen and oxygen atoms in total. The van der Waals surface area contributed by atoms with Crippen LogP contribution in [0.2, 0.25) is 0 Å². The molecule has 6 heteroatoms. The predicted octanol–water partition coefficient (Wildman–Crippen LogP) is 2.03. The molecule has 0 bridgehead atoms. The summed E-state index contributed by atoms with van der Waals surface area (Å²) in [7, 11) is 0. The van der Waals surface area contributed by atoms with Gasteiger partial charge in [0.05, 0.1) is 17.8 Å². The maximum atomic E-state index is 12.1. The van der Waals surface area contributed by atoms with E-state index in [4.69, 9.17) is 0 Å². The van der Waals surface area contributed by atoms with Crippen molar-refractivity contribution in [3.05, 3.63) is 17.0 Å². The van der Waals surface area contributed by atoms with Crippen LogP contribution in [0, 0.1) is 6.92 Å². The number of hydrogen-bond acceptors (Lipinski definition) is 2. The smallest absolute Gasteiger partial charge is 0.297 e. The molecule has 0 aromatic carbocycles. The number of fused-ring (bicyclic) bond motifs is 1. The van der Waals surface area contributed by atoms with Gasteiger partial charge in [-0.05, 0) is 18.9 Å². The van der Waals surface area contributed by atoms with E-state index in [1.54, 1.807) is 0 Å². The summed E-state index contributed by atoms with van der Waals surface area (Å²) < 4.78 is 36.2. The zero-order valence-corrected chi connectivity index (χ0v) is 9.06. The summed E-state index contributed by atoms with van der Waals surface area (Å²) >= 11 is 0. The fourth-order valence-electron chi connectivity index (χ4n) is 2.02. The highest BCUT2D eigenvalue weighted by atomic mass is 19.4. The zero-order valence-electron chi connectivity index (χ0n) is 9.06. The first kappa shape index (κ1) is 11.4. The summed E-state index contributed by atoms with van der Waals surface area (Å²) in [6, 6.07) is 0. The molecule has 0 saturated heterocycles. The maximum Gasteiger partial charge on any atom is 0.390 e. The van der Waals surface area contributed by atoms with Crippen molar-refractivity contribution < 1.29 is 13.2 Å². The zero-order chi connectivity index (χ0) is 11.8. The molecule has 1 N–H and O–H groups in total. The fourth-order valence-corrected chi connectivity index (χ4v) is 2.02. The van der Waals surface area contributed by atoms with Gasteiger partial charge in [-0.2, -0.15) is 18.3 Å². The molecule has 0 aliphatic carbocycles. The van der Waals surface area contributed by atoms with E-state index in [1.165, 1.54) is 5.56 Å². The SMILES string of the molecule is Cc1n[nH]c2c1CCN(CCC(F)(F)F)C2. The van der Waals surface area contributed by atoms with Crippen molar-refractivity contribution in [1.82, 2.24) is 15.1 Å². The minimum Gasteiger partial charge on any atom is -0.297 e. The molecule has 2 rings (SSSR count). The van der Waals surface area contributed by atoms with Gasteiger partial charge in [-0.1, -0.05) is 0 Å². The first-order valence-electron chi connectivity index (χ1n) is 5.27. The number of hydrogen-bond donors (Lipinski definition) is 1. The van der Waals surface area contributed by atoms with Crippen molar-refractivity contribution in [1.29, 1.82) is 0 Å². The Morgan fingerprint density at radius 1 is 1.44 bits per heavy atom. The molecule has 0 amide bonds. The van der Waals surface area contributed by atoms with Crippen molar-refractivity contribution in [3.8, 4) is 0 Å². The van der Waals surface area contributed by atoms with Crippen LogP contribution in [0.5, 0.6) is 0 Å². The Kier molecular flexibility index (Phi) is 2.92. The van der Waals surface area contributed by atoms with E-state index < -0.39 is 12.6 Å². The molecule has 0 atom stereocenters. The lowest BCUT2D eigenvalue weighted by Crippen LogP contribution is -2.33. The number of nitrogens with zero attached hydrogens (tertiary/aromatic N) is 2. The Bertz CT molecular complexity index is 370. The molecule has 2 heterocycles. The first-order chi connectivity index (χ1) is 7.46. The largest absolute Gasteiger partial charge is 0.390 e. The number of H-pyrrole nitrogens is 1. The minimum atomic E-state index is -4.07. The van der Waals surface area contributed by atoms with Gasteiger partial charge in [0.15, 0.2) is 0 Å². The lowest BCUT2D eigenvalue weighted by Gasteiger charge is -2.26. The van der Waals surface area contributed by atoms with Crippen LogP contribution in [0.15, 0.2) is 0 Å². The predicted molar refractivity (Wildman–Crippen MR) is 53.0 cm³/mol. The van der Waals surface area contributed by atoms with Crippen molar-refractivity contribution in [2.24, 2.45) is 0 Å². The molecule has 0 unspecified atom stereocenters. The molecule has 1 aromatic rings. The number of halogens is 3. The number of aromatic amines is 1. The van der Waals surface area contributed by atoms with Gasteiger partial charge in [-0.15, -0.1) is 0 Å². The number of rotatable bonds is 2. The van der Waals surface area contributed by atoms with Crippen LogP contribution in [-0.2, 0) is 13.0 Å².